The average Bonchev–Trinajstić information content (AvgIpc) is 3.16. The second-order valence-corrected chi connectivity index (χ2v) is 7.04. The van der Waals surface area contributed by atoms with E-state index in [0.29, 0.717) is 13.2 Å². The highest BCUT2D eigenvalue weighted by Gasteiger charge is 2.09. The highest BCUT2D eigenvalue weighted by Crippen LogP contribution is 2.25. The van der Waals surface area contributed by atoms with Crippen molar-refractivity contribution in [1.82, 2.24) is 4.57 Å². The summed E-state index contributed by atoms with van der Waals surface area (Å²) in [5.74, 6) is 0.567. The van der Waals surface area contributed by atoms with Gasteiger partial charge in [0, 0.05) is 29.3 Å². The summed E-state index contributed by atoms with van der Waals surface area (Å²) in [4.78, 5) is 11.7. The van der Waals surface area contributed by atoms with Crippen molar-refractivity contribution in [3.63, 3.8) is 0 Å². The number of nitrogens with zero attached hydrogens (tertiary/aromatic N) is 1. The number of hydrogen-bond acceptors (Lipinski definition) is 2. The molecule has 0 atom stereocenters. The van der Waals surface area contributed by atoms with Crippen molar-refractivity contribution in [2.45, 2.75) is 13.2 Å². The molecule has 29 heavy (non-hydrogen) atoms. The first-order valence-electron chi connectivity index (χ1n) is 9.42. The van der Waals surface area contributed by atoms with E-state index < -0.39 is 0 Å². The fourth-order valence-corrected chi connectivity index (χ4v) is 3.36. The van der Waals surface area contributed by atoms with Gasteiger partial charge in [-0.25, -0.2) is 0 Å². The maximum atomic E-state index is 11.7. The molecule has 0 aliphatic carbocycles. The zero-order valence-electron chi connectivity index (χ0n) is 15.8. The lowest BCUT2D eigenvalue weighted by Crippen LogP contribution is -2.14. The van der Waals surface area contributed by atoms with E-state index in [1.54, 1.807) is 0 Å². The van der Waals surface area contributed by atoms with Gasteiger partial charge in [0.1, 0.15) is 18.2 Å². The molecule has 1 aromatic heterocycles. The summed E-state index contributed by atoms with van der Waals surface area (Å²) in [6.07, 6.45) is 2.05. The lowest BCUT2D eigenvalue weighted by atomic mass is 10.1. The lowest BCUT2D eigenvalue weighted by Gasteiger charge is -2.12. The summed E-state index contributed by atoms with van der Waals surface area (Å²) in [6.45, 7) is 1.19. The van der Waals surface area contributed by atoms with Crippen molar-refractivity contribution < 1.29 is 9.53 Å². The Morgan fingerprint density at radius 3 is 2.59 bits per heavy atom. The molecule has 0 saturated heterocycles. The monoisotopic (exact) mass is 404 g/mol. The van der Waals surface area contributed by atoms with Gasteiger partial charge in [-0.3, -0.25) is 4.79 Å². The summed E-state index contributed by atoms with van der Waals surface area (Å²) >= 11 is 5.63. The number of anilines is 1. The first-order chi connectivity index (χ1) is 14.2. The Bertz CT molecular complexity index is 1120. The van der Waals surface area contributed by atoms with Crippen molar-refractivity contribution in [1.29, 1.82) is 0 Å². The maximum absolute atomic E-state index is 11.7. The number of carbonyl (C=O) groups excluding carboxylic acids is 1. The second kappa shape index (κ2) is 8.84. The van der Waals surface area contributed by atoms with Crippen LogP contribution < -0.4 is 10.1 Å². The van der Waals surface area contributed by atoms with Crippen LogP contribution in [0.5, 0.6) is 5.75 Å². The fourth-order valence-electron chi connectivity index (χ4n) is 3.29. The fraction of sp³-hybridized carbons (Fsp3) is 0.125. The number of ether oxygens (including phenoxy) is 1. The van der Waals surface area contributed by atoms with Gasteiger partial charge in [0.05, 0.1) is 0 Å². The van der Waals surface area contributed by atoms with E-state index in [1.807, 2.05) is 54.7 Å². The van der Waals surface area contributed by atoms with Gasteiger partial charge in [-0.15, -0.1) is 11.6 Å². The molecule has 0 aliphatic rings. The molecule has 4 aromatic rings. The van der Waals surface area contributed by atoms with Crippen LogP contribution in [0, 0.1) is 0 Å². The third-order valence-electron chi connectivity index (χ3n) is 4.74. The van der Waals surface area contributed by atoms with Crippen molar-refractivity contribution in [3.05, 3.63) is 96.2 Å². The predicted octanol–water partition coefficient (Wildman–Crippen LogP) is 5.45. The van der Waals surface area contributed by atoms with Gasteiger partial charge in [0.15, 0.2) is 0 Å². The summed E-state index contributed by atoms with van der Waals surface area (Å²) in [5.41, 5.74) is 4.05. The molecule has 0 radical (unpaired) electrons. The third-order valence-corrected chi connectivity index (χ3v) is 4.99. The highest BCUT2D eigenvalue weighted by atomic mass is 35.5. The highest BCUT2D eigenvalue weighted by molar-refractivity contribution is 6.29. The van der Waals surface area contributed by atoms with Gasteiger partial charge in [-0.1, -0.05) is 48.5 Å². The summed E-state index contributed by atoms with van der Waals surface area (Å²) in [6, 6.07) is 26.1. The minimum atomic E-state index is -0.211. The number of fused-ring (bicyclic) bond motifs is 1. The van der Waals surface area contributed by atoms with Crippen LogP contribution in [-0.4, -0.2) is 16.4 Å². The molecule has 1 N–H and O–H groups in total. The molecule has 3 aromatic carbocycles. The van der Waals surface area contributed by atoms with Crippen molar-refractivity contribution >= 4 is 34.1 Å². The number of amides is 1. The Labute approximate surface area is 174 Å². The number of halogens is 1. The molecule has 5 heteroatoms. The van der Waals surface area contributed by atoms with Gasteiger partial charge >= 0.3 is 0 Å². The van der Waals surface area contributed by atoms with Crippen molar-refractivity contribution in [2.24, 2.45) is 0 Å². The molecule has 0 bridgehead atoms. The maximum Gasteiger partial charge on any atom is 0.239 e. The number of carbonyl (C=O) groups is 1. The van der Waals surface area contributed by atoms with E-state index in [0.717, 1.165) is 33.5 Å². The van der Waals surface area contributed by atoms with Crippen LogP contribution >= 0.6 is 11.6 Å². The molecular formula is C24H21ClN2O2. The summed E-state index contributed by atoms with van der Waals surface area (Å²) in [7, 11) is 0. The van der Waals surface area contributed by atoms with Crippen LogP contribution in [-0.2, 0) is 17.9 Å². The number of para-hydroxylation sites is 1. The van der Waals surface area contributed by atoms with E-state index in [1.165, 1.54) is 0 Å². The Morgan fingerprint density at radius 1 is 0.966 bits per heavy atom. The van der Waals surface area contributed by atoms with Gasteiger partial charge in [0.2, 0.25) is 5.91 Å². The molecule has 0 unspecified atom stereocenters. The zero-order valence-corrected chi connectivity index (χ0v) is 16.6. The molecule has 0 saturated carbocycles. The SMILES string of the molecule is O=C(CCl)Nc1ccccc1Cn1ccc2cc(OCc3ccccc3)ccc21. The van der Waals surface area contributed by atoms with E-state index in [4.69, 9.17) is 16.3 Å². The molecule has 1 amide bonds. The van der Waals surface area contributed by atoms with Gasteiger partial charge in [-0.2, -0.15) is 0 Å². The first-order valence-corrected chi connectivity index (χ1v) is 9.96. The normalized spacial score (nSPS) is 10.8. The minimum absolute atomic E-state index is 0.0630. The van der Waals surface area contributed by atoms with Crippen LogP contribution in [0.1, 0.15) is 11.1 Å². The first kappa shape index (κ1) is 19.1. The van der Waals surface area contributed by atoms with E-state index in [-0.39, 0.29) is 11.8 Å². The Hall–Kier alpha value is -3.24. The molecule has 0 fully saturated rings. The molecule has 0 aliphatic heterocycles. The summed E-state index contributed by atoms with van der Waals surface area (Å²) in [5, 5.41) is 3.97. The number of nitrogens with one attached hydrogen (secondary N) is 1. The van der Waals surface area contributed by atoms with Gasteiger partial charge < -0.3 is 14.6 Å². The summed E-state index contributed by atoms with van der Waals surface area (Å²) < 4.78 is 8.09. The number of benzene rings is 3. The van der Waals surface area contributed by atoms with Crippen LogP contribution in [0.3, 0.4) is 0 Å². The average molecular weight is 405 g/mol. The Balaban J connectivity index is 1.52. The Morgan fingerprint density at radius 2 is 1.76 bits per heavy atom. The van der Waals surface area contributed by atoms with Crippen LogP contribution in [0.2, 0.25) is 0 Å². The zero-order chi connectivity index (χ0) is 20.1. The number of rotatable bonds is 7. The van der Waals surface area contributed by atoms with E-state index in [9.17, 15) is 4.79 Å². The number of aromatic nitrogens is 1. The van der Waals surface area contributed by atoms with Gasteiger partial charge in [0.25, 0.3) is 0 Å². The quantitative estimate of drug-likeness (QED) is 0.416. The van der Waals surface area contributed by atoms with Crippen LogP contribution in [0.4, 0.5) is 5.69 Å². The van der Waals surface area contributed by atoms with Gasteiger partial charge in [-0.05, 0) is 41.5 Å². The van der Waals surface area contributed by atoms with E-state index in [2.05, 4.69) is 40.2 Å². The molecule has 4 nitrogen and oxygen atoms in total. The number of alkyl halides is 1. The molecular weight excluding hydrogens is 384 g/mol. The molecule has 4 rings (SSSR count). The number of hydrogen-bond donors (Lipinski definition) is 1. The smallest absolute Gasteiger partial charge is 0.239 e. The van der Waals surface area contributed by atoms with Crippen molar-refractivity contribution in [2.75, 3.05) is 11.2 Å². The topological polar surface area (TPSA) is 43.3 Å². The molecule has 146 valence electrons. The second-order valence-electron chi connectivity index (χ2n) is 6.78. The van der Waals surface area contributed by atoms with Crippen LogP contribution in [0.25, 0.3) is 10.9 Å². The Kier molecular flexibility index (Phi) is 5.82. The van der Waals surface area contributed by atoms with Crippen molar-refractivity contribution in [3.8, 4) is 5.75 Å². The molecule has 0 spiro atoms. The lowest BCUT2D eigenvalue weighted by molar-refractivity contribution is -0.113. The predicted molar refractivity (Wildman–Crippen MR) is 118 cm³/mol. The van der Waals surface area contributed by atoms with Crippen LogP contribution in [0.15, 0.2) is 85.1 Å². The minimum Gasteiger partial charge on any atom is -0.489 e. The third kappa shape index (κ3) is 4.61. The molecule has 1 heterocycles. The largest absolute Gasteiger partial charge is 0.489 e. The standard InChI is InChI=1S/C24H21ClN2O2/c25-15-24(28)26-22-9-5-4-8-20(22)16-27-13-12-19-14-21(10-11-23(19)27)29-17-18-6-2-1-3-7-18/h1-14H,15-17H2,(H,26,28). The van der Waals surface area contributed by atoms with E-state index >= 15 is 0 Å².